The molecule has 0 saturated carbocycles. The zero-order chi connectivity index (χ0) is 36.5. The molecular weight excluding hydrogens is 646 g/mol. The molecule has 0 spiro atoms. The van der Waals surface area contributed by atoms with E-state index in [1.807, 2.05) is 41.0 Å². The fourth-order valence-electron chi connectivity index (χ4n) is 6.65. The third kappa shape index (κ3) is 8.79. The zero-order valence-electron chi connectivity index (χ0n) is 30.4. The molecule has 11 nitrogen and oxygen atoms in total. The van der Waals surface area contributed by atoms with Crippen LogP contribution in [-0.4, -0.2) is 81.6 Å². The summed E-state index contributed by atoms with van der Waals surface area (Å²) in [6, 6.07) is 20.2. The van der Waals surface area contributed by atoms with Gasteiger partial charge >= 0.3 is 0 Å². The number of carbonyl (C=O) groups excluding carboxylic acids is 2. The van der Waals surface area contributed by atoms with E-state index in [0.29, 0.717) is 60.2 Å². The molecule has 51 heavy (non-hydrogen) atoms. The smallest absolute Gasteiger partial charge is 0.274 e. The van der Waals surface area contributed by atoms with E-state index in [1.54, 1.807) is 55.3 Å². The van der Waals surface area contributed by atoms with Gasteiger partial charge in [0.25, 0.3) is 5.91 Å². The number of benzene rings is 3. The van der Waals surface area contributed by atoms with Gasteiger partial charge in [-0.3, -0.25) is 14.5 Å². The van der Waals surface area contributed by atoms with Gasteiger partial charge in [0, 0.05) is 42.6 Å². The number of aliphatic hydroxyl groups excluding tert-OH is 2. The molecule has 2 amide bonds. The molecular formula is C40H51N5O6. The second-order valence-corrected chi connectivity index (χ2v) is 13.1. The Balaban J connectivity index is 1.50. The molecule has 5 rings (SSSR count). The molecule has 1 aliphatic heterocycles. The number of amides is 2. The summed E-state index contributed by atoms with van der Waals surface area (Å²) in [4.78, 5) is 30.8. The molecule has 272 valence electrons. The lowest BCUT2D eigenvalue weighted by Crippen LogP contribution is -2.45. The predicted octanol–water partition coefficient (Wildman–Crippen LogP) is 5.83. The number of carbonyl (C=O) groups is 2. The molecule has 1 aliphatic rings. The van der Waals surface area contributed by atoms with Crippen molar-refractivity contribution < 1.29 is 29.3 Å². The van der Waals surface area contributed by atoms with E-state index in [9.17, 15) is 19.8 Å². The van der Waals surface area contributed by atoms with Crippen molar-refractivity contribution in [3.63, 3.8) is 0 Å². The molecule has 3 N–H and O–H groups in total. The van der Waals surface area contributed by atoms with Gasteiger partial charge in [-0.15, -0.1) is 0 Å². The molecule has 1 aromatic heterocycles. The minimum Gasteiger partial charge on any atom is -0.493 e. The molecule has 2 atom stereocenters. The zero-order valence-corrected chi connectivity index (χ0v) is 30.4. The largest absolute Gasteiger partial charge is 0.493 e. The first kappa shape index (κ1) is 37.5. The third-order valence-corrected chi connectivity index (χ3v) is 9.51. The van der Waals surface area contributed by atoms with Crippen LogP contribution < -0.4 is 14.8 Å². The number of unbranched alkanes of at least 4 members (excludes halogenated alkanes) is 2. The van der Waals surface area contributed by atoms with Crippen molar-refractivity contribution in [3.05, 3.63) is 100 Å². The quantitative estimate of drug-likeness (QED) is 0.133. The minimum absolute atomic E-state index is 0.0891. The number of aliphatic hydroxyl groups is 2. The number of aromatic nitrogens is 2. The molecule has 4 aromatic rings. The van der Waals surface area contributed by atoms with Crippen LogP contribution in [0.15, 0.2) is 66.7 Å². The van der Waals surface area contributed by atoms with E-state index >= 15 is 0 Å². The van der Waals surface area contributed by atoms with Gasteiger partial charge in [0.05, 0.1) is 32.9 Å². The van der Waals surface area contributed by atoms with Crippen molar-refractivity contribution in [3.8, 4) is 17.2 Å². The fourth-order valence-corrected chi connectivity index (χ4v) is 6.65. The first-order valence-corrected chi connectivity index (χ1v) is 17.8. The Bertz CT molecular complexity index is 1800. The van der Waals surface area contributed by atoms with Crippen LogP contribution in [0.2, 0.25) is 0 Å². The topological polar surface area (TPSA) is 129 Å². The van der Waals surface area contributed by atoms with Crippen LogP contribution in [0.5, 0.6) is 11.5 Å². The maximum absolute atomic E-state index is 13.7. The number of hydrogen-bond donors (Lipinski definition) is 3. The van der Waals surface area contributed by atoms with Crippen LogP contribution in [0.4, 0.5) is 5.69 Å². The summed E-state index contributed by atoms with van der Waals surface area (Å²) in [5.74, 6) is 0.738. The summed E-state index contributed by atoms with van der Waals surface area (Å²) < 4.78 is 12.4. The summed E-state index contributed by atoms with van der Waals surface area (Å²) in [7, 11) is 3.11. The van der Waals surface area contributed by atoms with Crippen LogP contribution in [0.1, 0.15) is 84.2 Å². The minimum atomic E-state index is -1.17. The number of hydrogen-bond acceptors (Lipinski definition) is 8. The van der Waals surface area contributed by atoms with Crippen LogP contribution in [0.25, 0.3) is 5.69 Å². The van der Waals surface area contributed by atoms with Crippen LogP contribution in [0, 0.1) is 6.92 Å². The lowest BCUT2D eigenvalue weighted by molar-refractivity contribution is -0.115. The Kier molecular flexibility index (Phi) is 12.9. The second-order valence-electron chi connectivity index (χ2n) is 13.1. The van der Waals surface area contributed by atoms with E-state index in [0.717, 1.165) is 48.1 Å². The number of nitrogens with zero attached hydrogens (tertiary/aromatic N) is 4. The molecule has 2 heterocycles. The molecule has 0 saturated heterocycles. The van der Waals surface area contributed by atoms with Crippen molar-refractivity contribution in [2.24, 2.45) is 0 Å². The summed E-state index contributed by atoms with van der Waals surface area (Å²) in [5.41, 5.74) is 5.57. The highest BCUT2D eigenvalue weighted by atomic mass is 16.5. The van der Waals surface area contributed by atoms with E-state index in [2.05, 4.69) is 25.2 Å². The summed E-state index contributed by atoms with van der Waals surface area (Å²) in [6.07, 6.45) is 3.29. The van der Waals surface area contributed by atoms with Crippen molar-refractivity contribution in [2.75, 3.05) is 39.2 Å². The van der Waals surface area contributed by atoms with E-state index < -0.39 is 6.23 Å². The van der Waals surface area contributed by atoms with Gasteiger partial charge < -0.3 is 29.9 Å². The summed E-state index contributed by atoms with van der Waals surface area (Å²) >= 11 is 0. The first-order valence-electron chi connectivity index (χ1n) is 17.8. The number of nitrogens with one attached hydrogen (secondary N) is 1. The highest BCUT2D eigenvalue weighted by Gasteiger charge is 2.33. The molecule has 3 aromatic carbocycles. The Morgan fingerprint density at radius 3 is 2.33 bits per heavy atom. The van der Waals surface area contributed by atoms with Gasteiger partial charge in [-0.25, -0.2) is 4.68 Å². The molecule has 0 radical (unpaired) electrons. The second kappa shape index (κ2) is 17.5. The summed E-state index contributed by atoms with van der Waals surface area (Å²) in [6.45, 7) is 7.72. The van der Waals surface area contributed by atoms with Crippen molar-refractivity contribution >= 4 is 17.5 Å². The number of anilines is 1. The van der Waals surface area contributed by atoms with Gasteiger partial charge in [0.2, 0.25) is 5.91 Å². The lowest BCUT2D eigenvalue weighted by atomic mass is 9.93. The summed E-state index contributed by atoms with van der Waals surface area (Å²) in [5, 5.41) is 30.4. The number of aryl methyl sites for hydroxylation is 1. The number of ether oxygens (including phenoxy) is 2. The molecule has 1 unspecified atom stereocenters. The maximum atomic E-state index is 13.7. The van der Waals surface area contributed by atoms with Crippen molar-refractivity contribution in [2.45, 2.75) is 78.1 Å². The van der Waals surface area contributed by atoms with Gasteiger partial charge in [-0.2, -0.15) is 5.10 Å². The standard InChI is InChI=1S/C40H51N5O6/c1-6-8-18-43(19-9-7-2)40(49)34-20-27(3)45(42-34)35-16-15-31(41-38(47)22-28-14-17-36(50-4)37(21-28)51-5)24-33(35)39(48)44-25-30-13-11-10-12-29(30)23-32(44)26-46/h10-17,20-21,24,32,39,46,48H,6-9,18-19,22-23,25-26H2,1-5H3,(H,41,47)/t32-,39?/m0/s1. The molecule has 0 bridgehead atoms. The van der Waals surface area contributed by atoms with E-state index in [-0.39, 0.29) is 30.9 Å². The van der Waals surface area contributed by atoms with Gasteiger partial charge in [-0.1, -0.05) is 57.0 Å². The Morgan fingerprint density at radius 2 is 1.67 bits per heavy atom. The van der Waals surface area contributed by atoms with Gasteiger partial charge in [0.1, 0.15) is 6.23 Å². The van der Waals surface area contributed by atoms with Gasteiger partial charge in [-0.05, 0) is 79.3 Å². The van der Waals surface area contributed by atoms with E-state index in [1.165, 1.54) is 0 Å². The normalized spacial score (nSPS) is 14.8. The number of fused-ring (bicyclic) bond motifs is 1. The molecule has 11 heteroatoms. The Hall–Kier alpha value is -4.71. The average Bonchev–Trinajstić information content (AvgIpc) is 3.54. The van der Waals surface area contributed by atoms with Crippen LogP contribution in [0.3, 0.4) is 0 Å². The Morgan fingerprint density at radius 1 is 0.961 bits per heavy atom. The van der Waals surface area contributed by atoms with E-state index in [4.69, 9.17) is 14.6 Å². The first-order chi connectivity index (χ1) is 24.7. The van der Waals surface area contributed by atoms with Crippen molar-refractivity contribution in [1.82, 2.24) is 19.6 Å². The van der Waals surface area contributed by atoms with Crippen LogP contribution >= 0.6 is 0 Å². The highest BCUT2D eigenvalue weighted by Crippen LogP contribution is 2.35. The average molecular weight is 698 g/mol. The van der Waals surface area contributed by atoms with Gasteiger partial charge in [0.15, 0.2) is 17.2 Å². The predicted molar refractivity (Wildman–Crippen MR) is 197 cm³/mol. The highest BCUT2D eigenvalue weighted by molar-refractivity contribution is 5.93. The molecule has 0 fully saturated rings. The maximum Gasteiger partial charge on any atom is 0.274 e. The number of rotatable bonds is 16. The van der Waals surface area contributed by atoms with Crippen molar-refractivity contribution in [1.29, 1.82) is 0 Å². The van der Waals surface area contributed by atoms with Crippen LogP contribution in [-0.2, 0) is 24.2 Å². The lowest BCUT2D eigenvalue weighted by Gasteiger charge is -2.39. The number of methoxy groups -OCH3 is 2. The SMILES string of the molecule is CCCCN(CCCC)C(=O)c1cc(C)n(-c2ccc(NC(=O)Cc3ccc(OC)c(OC)c3)cc2C(O)N2Cc3ccccc3C[C@H]2CO)n1. The Labute approximate surface area is 300 Å². The third-order valence-electron chi connectivity index (χ3n) is 9.51. The molecule has 0 aliphatic carbocycles. The fraction of sp³-hybridized carbons (Fsp3) is 0.425. The monoisotopic (exact) mass is 697 g/mol.